The van der Waals surface area contributed by atoms with Crippen LogP contribution in [-0.2, 0) is 0 Å². The van der Waals surface area contributed by atoms with Crippen molar-refractivity contribution in [1.82, 2.24) is 14.9 Å². The number of thiophene rings is 1. The standard InChI is InChI=1S/C14H15N3OS/c18-14(12-3-7-19-10-12)17-6-1-2-11(9-17)13-8-15-4-5-16-13/h3-5,7-8,10-11H,1-2,6,9H2/t11-/m1/s1. The minimum absolute atomic E-state index is 0.134. The Bertz CT molecular complexity index is 541. The molecule has 0 radical (unpaired) electrons. The average molecular weight is 273 g/mol. The number of carbonyl (C=O) groups is 1. The molecule has 19 heavy (non-hydrogen) atoms. The Kier molecular flexibility index (Phi) is 3.55. The Morgan fingerprint density at radius 1 is 1.42 bits per heavy atom. The molecule has 3 heterocycles. The SMILES string of the molecule is O=C(c1ccsc1)N1CCC[C@@H](c2cnccn2)C1. The maximum atomic E-state index is 12.3. The van der Waals surface area contributed by atoms with Gasteiger partial charge in [-0.2, -0.15) is 11.3 Å². The van der Waals surface area contributed by atoms with Gasteiger partial charge in [-0.25, -0.2) is 0 Å². The molecule has 0 aromatic carbocycles. The number of hydrogen-bond acceptors (Lipinski definition) is 4. The Hall–Kier alpha value is -1.75. The predicted octanol–water partition coefficient (Wildman–Crippen LogP) is 2.56. The lowest BCUT2D eigenvalue weighted by molar-refractivity contribution is 0.0706. The van der Waals surface area contributed by atoms with Crippen molar-refractivity contribution in [1.29, 1.82) is 0 Å². The molecule has 0 bridgehead atoms. The zero-order valence-corrected chi connectivity index (χ0v) is 11.3. The average Bonchev–Trinajstić information content (AvgIpc) is 3.02. The summed E-state index contributed by atoms with van der Waals surface area (Å²) < 4.78 is 0. The molecule has 0 saturated carbocycles. The molecule has 0 unspecified atom stereocenters. The summed E-state index contributed by atoms with van der Waals surface area (Å²) in [5, 5.41) is 3.85. The van der Waals surface area contributed by atoms with Crippen molar-refractivity contribution in [2.75, 3.05) is 13.1 Å². The van der Waals surface area contributed by atoms with Crippen molar-refractivity contribution in [2.45, 2.75) is 18.8 Å². The molecular formula is C14H15N3OS. The highest BCUT2D eigenvalue weighted by Crippen LogP contribution is 2.26. The van der Waals surface area contributed by atoms with Gasteiger partial charge in [-0.15, -0.1) is 0 Å². The van der Waals surface area contributed by atoms with Crippen molar-refractivity contribution in [3.05, 3.63) is 46.7 Å². The van der Waals surface area contributed by atoms with Gasteiger partial charge in [0, 0.05) is 43.0 Å². The van der Waals surface area contributed by atoms with Crippen molar-refractivity contribution in [3.63, 3.8) is 0 Å². The Balaban J connectivity index is 1.73. The summed E-state index contributed by atoms with van der Waals surface area (Å²) >= 11 is 1.56. The molecule has 0 spiro atoms. The number of carbonyl (C=O) groups excluding carboxylic acids is 1. The molecule has 1 amide bonds. The Morgan fingerprint density at radius 2 is 2.37 bits per heavy atom. The quantitative estimate of drug-likeness (QED) is 0.844. The maximum absolute atomic E-state index is 12.3. The number of aromatic nitrogens is 2. The highest BCUT2D eigenvalue weighted by atomic mass is 32.1. The summed E-state index contributed by atoms with van der Waals surface area (Å²) in [5.74, 6) is 0.444. The van der Waals surface area contributed by atoms with E-state index in [0.717, 1.165) is 37.2 Å². The number of piperidine rings is 1. The first-order chi connectivity index (χ1) is 9.34. The maximum Gasteiger partial charge on any atom is 0.254 e. The first kappa shape index (κ1) is 12.3. The van der Waals surface area contributed by atoms with Crippen LogP contribution in [0.3, 0.4) is 0 Å². The molecule has 1 atom stereocenters. The second-order valence-electron chi connectivity index (χ2n) is 4.73. The van der Waals surface area contributed by atoms with Crippen molar-refractivity contribution < 1.29 is 4.79 Å². The molecule has 5 heteroatoms. The highest BCUT2D eigenvalue weighted by Gasteiger charge is 2.26. The van der Waals surface area contributed by atoms with Gasteiger partial charge in [-0.3, -0.25) is 14.8 Å². The van der Waals surface area contributed by atoms with E-state index < -0.39 is 0 Å². The largest absolute Gasteiger partial charge is 0.338 e. The van der Waals surface area contributed by atoms with Gasteiger partial charge in [0.2, 0.25) is 0 Å². The number of nitrogens with zero attached hydrogens (tertiary/aromatic N) is 3. The third-order valence-corrected chi connectivity index (χ3v) is 4.16. The molecule has 0 N–H and O–H groups in total. The van der Waals surface area contributed by atoms with E-state index in [0.29, 0.717) is 5.92 Å². The zero-order chi connectivity index (χ0) is 13.1. The highest BCUT2D eigenvalue weighted by molar-refractivity contribution is 7.08. The molecular weight excluding hydrogens is 258 g/mol. The van der Waals surface area contributed by atoms with Gasteiger partial charge in [-0.1, -0.05) is 0 Å². The van der Waals surface area contributed by atoms with E-state index in [4.69, 9.17) is 0 Å². The van der Waals surface area contributed by atoms with Crippen LogP contribution in [0.5, 0.6) is 0 Å². The van der Waals surface area contributed by atoms with Crippen LogP contribution in [0.4, 0.5) is 0 Å². The minimum Gasteiger partial charge on any atom is -0.338 e. The van der Waals surface area contributed by atoms with Crippen molar-refractivity contribution >= 4 is 17.2 Å². The molecule has 0 aliphatic carbocycles. The number of amides is 1. The van der Waals surface area contributed by atoms with Gasteiger partial charge in [0.1, 0.15) is 0 Å². The van der Waals surface area contributed by atoms with Crippen molar-refractivity contribution in [2.24, 2.45) is 0 Å². The summed E-state index contributed by atoms with van der Waals surface area (Å²) in [6.07, 6.45) is 7.31. The number of likely N-dealkylation sites (tertiary alicyclic amines) is 1. The van der Waals surface area contributed by atoms with Gasteiger partial charge in [0.05, 0.1) is 11.3 Å². The van der Waals surface area contributed by atoms with E-state index in [-0.39, 0.29) is 5.91 Å². The molecule has 1 fully saturated rings. The Morgan fingerprint density at radius 3 is 3.11 bits per heavy atom. The van der Waals surface area contributed by atoms with Crippen LogP contribution >= 0.6 is 11.3 Å². The second kappa shape index (κ2) is 5.48. The van der Waals surface area contributed by atoms with E-state index in [2.05, 4.69) is 9.97 Å². The van der Waals surface area contributed by atoms with Crippen LogP contribution in [0, 0.1) is 0 Å². The topological polar surface area (TPSA) is 46.1 Å². The van der Waals surface area contributed by atoms with Crippen LogP contribution in [-0.4, -0.2) is 33.9 Å². The molecule has 2 aromatic rings. The molecule has 1 aliphatic heterocycles. The van der Waals surface area contributed by atoms with Gasteiger partial charge in [0.15, 0.2) is 0 Å². The zero-order valence-electron chi connectivity index (χ0n) is 10.5. The fraction of sp³-hybridized carbons (Fsp3) is 0.357. The molecule has 1 aliphatic rings. The Labute approximate surface area is 116 Å². The third-order valence-electron chi connectivity index (χ3n) is 3.48. The smallest absolute Gasteiger partial charge is 0.254 e. The normalized spacial score (nSPS) is 19.4. The van der Waals surface area contributed by atoms with E-state index >= 15 is 0 Å². The van der Waals surface area contributed by atoms with Gasteiger partial charge in [0.25, 0.3) is 5.91 Å². The van der Waals surface area contributed by atoms with E-state index in [1.807, 2.05) is 27.9 Å². The molecule has 98 valence electrons. The summed E-state index contributed by atoms with van der Waals surface area (Å²) in [4.78, 5) is 22.7. The van der Waals surface area contributed by atoms with E-state index in [1.54, 1.807) is 23.7 Å². The summed E-state index contributed by atoms with van der Waals surface area (Å²) in [5.41, 5.74) is 1.79. The number of rotatable bonds is 2. The first-order valence-corrected chi connectivity index (χ1v) is 7.36. The predicted molar refractivity (Wildman–Crippen MR) is 74.2 cm³/mol. The lowest BCUT2D eigenvalue weighted by Gasteiger charge is -2.32. The van der Waals surface area contributed by atoms with Gasteiger partial charge in [-0.05, 0) is 24.3 Å². The molecule has 1 saturated heterocycles. The molecule has 2 aromatic heterocycles. The minimum atomic E-state index is 0.134. The van der Waals surface area contributed by atoms with Gasteiger partial charge >= 0.3 is 0 Å². The molecule has 3 rings (SSSR count). The summed E-state index contributed by atoms with van der Waals surface area (Å²) in [7, 11) is 0. The number of hydrogen-bond donors (Lipinski definition) is 0. The van der Waals surface area contributed by atoms with Crippen LogP contribution < -0.4 is 0 Å². The first-order valence-electron chi connectivity index (χ1n) is 6.42. The lowest BCUT2D eigenvalue weighted by atomic mass is 9.94. The summed E-state index contributed by atoms with van der Waals surface area (Å²) in [6, 6.07) is 1.89. The fourth-order valence-corrected chi connectivity index (χ4v) is 3.12. The van der Waals surface area contributed by atoms with Crippen LogP contribution in [0.2, 0.25) is 0 Å². The van der Waals surface area contributed by atoms with E-state index in [9.17, 15) is 4.79 Å². The fourth-order valence-electron chi connectivity index (χ4n) is 2.49. The van der Waals surface area contributed by atoms with Crippen LogP contribution in [0.15, 0.2) is 35.4 Å². The molecule has 4 nitrogen and oxygen atoms in total. The summed E-state index contributed by atoms with van der Waals surface area (Å²) in [6.45, 7) is 1.58. The van der Waals surface area contributed by atoms with E-state index in [1.165, 1.54) is 0 Å². The lowest BCUT2D eigenvalue weighted by Crippen LogP contribution is -2.39. The van der Waals surface area contributed by atoms with Crippen LogP contribution in [0.25, 0.3) is 0 Å². The van der Waals surface area contributed by atoms with Gasteiger partial charge < -0.3 is 4.90 Å². The van der Waals surface area contributed by atoms with Crippen LogP contribution in [0.1, 0.15) is 34.8 Å². The third kappa shape index (κ3) is 2.66. The van der Waals surface area contributed by atoms with Crippen molar-refractivity contribution in [3.8, 4) is 0 Å². The monoisotopic (exact) mass is 273 g/mol. The second-order valence-corrected chi connectivity index (χ2v) is 5.51.